The van der Waals surface area contributed by atoms with Gasteiger partial charge in [0.05, 0.1) is 37.4 Å². The Kier molecular flexibility index (Phi) is 12.8. The van der Waals surface area contributed by atoms with E-state index in [1.54, 1.807) is 61.2 Å². The van der Waals surface area contributed by atoms with Gasteiger partial charge in [-0.25, -0.2) is 14.5 Å². The first-order chi connectivity index (χ1) is 34.0. The van der Waals surface area contributed by atoms with Gasteiger partial charge in [-0.3, -0.25) is 24.2 Å². The zero-order chi connectivity index (χ0) is 48.7. The van der Waals surface area contributed by atoms with Crippen LogP contribution >= 0.6 is 0 Å². The molecule has 70 heavy (non-hydrogen) atoms. The van der Waals surface area contributed by atoms with Crippen LogP contribution in [-0.2, 0) is 40.6 Å². The van der Waals surface area contributed by atoms with Gasteiger partial charge in [0, 0.05) is 32.7 Å². The second-order valence-electron chi connectivity index (χ2n) is 18.6. The SMILES string of the molecule is COC(=O)[C@@H](NC(=O)N1C(=O)[C@@]2(c3ccccc31)[C@H](c1cccc(OCCO)c1)N1[C@H](c3ccccc3)[C@H](c3ccccc3)OC(=O)[C@H]1[C@@H]2C(=O)N1CCN(Cc2ccc3c(c2)OCO3)CC1)C(C)C. The number of urea groups is 1. The molecule has 5 aromatic carbocycles. The lowest BCUT2D eigenvalue weighted by molar-refractivity contribution is -0.179. The summed E-state index contributed by atoms with van der Waals surface area (Å²) in [5, 5.41) is 12.6. The minimum absolute atomic E-state index is 0.0185. The Hall–Kier alpha value is -7.27. The van der Waals surface area contributed by atoms with E-state index < -0.39 is 77.3 Å². The van der Waals surface area contributed by atoms with Gasteiger partial charge in [0.2, 0.25) is 18.6 Å². The van der Waals surface area contributed by atoms with Gasteiger partial charge in [-0.05, 0) is 64.1 Å². The van der Waals surface area contributed by atoms with Gasteiger partial charge in [-0.2, -0.15) is 0 Å². The number of rotatable bonds is 12. The number of carbonyl (C=O) groups excluding carboxylic acids is 5. The molecule has 0 saturated carbocycles. The number of anilines is 1. The van der Waals surface area contributed by atoms with Gasteiger partial charge in [0.15, 0.2) is 11.5 Å². The maximum absolute atomic E-state index is 16.5. The van der Waals surface area contributed by atoms with Crippen molar-refractivity contribution < 1.29 is 52.8 Å². The number of aliphatic hydroxyl groups is 1. The van der Waals surface area contributed by atoms with E-state index in [-0.39, 0.29) is 38.8 Å². The van der Waals surface area contributed by atoms with Crippen molar-refractivity contribution in [2.75, 3.05) is 58.2 Å². The maximum atomic E-state index is 16.5. The van der Waals surface area contributed by atoms with Crippen LogP contribution in [-0.4, -0.2) is 115 Å². The summed E-state index contributed by atoms with van der Waals surface area (Å²) in [7, 11) is 1.23. The molecule has 0 aliphatic carbocycles. The average Bonchev–Trinajstić information content (AvgIpc) is 4.06. The number of hydrogen-bond donors (Lipinski definition) is 2. The van der Waals surface area contributed by atoms with Gasteiger partial charge in [0.1, 0.15) is 36.0 Å². The Balaban J connectivity index is 1.16. The normalized spacial score (nSPS) is 24.3. The van der Waals surface area contributed by atoms with Gasteiger partial charge >= 0.3 is 18.0 Å². The molecule has 4 amide bonds. The quantitative estimate of drug-likeness (QED) is 0.146. The van der Waals surface area contributed by atoms with Gasteiger partial charge in [-0.15, -0.1) is 0 Å². The molecule has 5 aromatic rings. The summed E-state index contributed by atoms with van der Waals surface area (Å²) >= 11 is 0. The summed E-state index contributed by atoms with van der Waals surface area (Å²) in [4.78, 5) is 83.3. The van der Waals surface area contributed by atoms with E-state index in [0.29, 0.717) is 53.6 Å². The van der Waals surface area contributed by atoms with Crippen LogP contribution in [0.5, 0.6) is 17.2 Å². The second-order valence-corrected chi connectivity index (χ2v) is 18.6. The van der Waals surface area contributed by atoms with Crippen LogP contribution in [0.3, 0.4) is 0 Å². The molecule has 0 bridgehead atoms. The summed E-state index contributed by atoms with van der Waals surface area (Å²) in [6.07, 6.45) is -0.910. The number of nitrogens with zero attached hydrogens (tertiary/aromatic N) is 4. The van der Waals surface area contributed by atoms with E-state index in [1.165, 1.54) is 7.11 Å². The highest BCUT2D eigenvalue weighted by Crippen LogP contribution is 2.66. The molecule has 7 atom stereocenters. The Labute approximate surface area is 405 Å². The number of carbonyl (C=O) groups is 5. The highest BCUT2D eigenvalue weighted by atomic mass is 16.7. The summed E-state index contributed by atoms with van der Waals surface area (Å²) in [6, 6.07) is 33.5. The lowest BCUT2D eigenvalue weighted by Gasteiger charge is -2.46. The monoisotopic (exact) mass is 949 g/mol. The third kappa shape index (κ3) is 7.98. The molecular formula is C54H55N5O11. The first-order valence-corrected chi connectivity index (χ1v) is 23.7. The van der Waals surface area contributed by atoms with Crippen LogP contribution in [0.4, 0.5) is 10.5 Å². The largest absolute Gasteiger partial charge is 0.491 e. The Morgan fingerprint density at radius 2 is 1.47 bits per heavy atom. The number of amides is 4. The molecule has 16 nitrogen and oxygen atoms in total. The summed E-state index contributed by atoms with van der Waals surface area (Å²) in [5.74, 6) is -2.73. The van der Waals surface area contributed by atoms with Crippen LogP contribution in [0.25, 0.3) is 0 Å². The predicted molar refractivity (Wildman–Crippen MR) is 255 cm³/mol. The van der Waals surface area contributed by atoms with Crippen molar-refractivity contribution in [2.24, 2.45) is 11.8 Å². The molecule has 3 saturated heterocycles. The number of benzene rings is 5. The standard InChI is InChI=1S/C54H55N5O11/c1-33(2)44(50(62)66-3)55-53(65)58-40-20-11-10-19-39(40)54(52(58)64)43(49(61)57-25-23-56(24-26-57)31-34-21-22-41-42(29-34)69-32-68-41)46-51(63)70-47(36-15-8-5-9-16-36)45(35-13-6-4-7-14-35)59(46)48(54)37-17-12-18-38(30-37)67-28-27-60/h4-22,29-30,33,43-48,60H,23-28,31-32H2,1-3H3,(H,55,65)/t43-,44+,45-,46-,47+,48+,54-/m1/s1. The maximum Gasteiger partial charge on any atom is 0.329 e. The molecule has 0 aromatic heterocycles. The number of methoxy groups -OCH3 is 1. The van der Waals surface area contributed by atoms with Crippen molar-refractivity contribution in [1.82, 2.24) is 20.0 Å². The lowest BCUT2D eigenvalue weighted by atomic mass is 9.65. The molecule has 3 fully saturated rings. The fourth-order valence-electron chi connectivity index (χ4n) is 11.2. The molecule has 362 valence electrons. The number of fused-ring (bicyclic) bond motifs is 4. The van der Waals surface area contributed by atoms with Crippen molar-refractivity contribution in [2.45, 2.75) is 56.1 Å². The van der Waals surface area contributed by atoms with Crippen LogP contribution in [0.2, 0.25) is 0 Å². The van der Waals surface area contributed by atoms with E-state index in [0.717, 1.165) is 16.0 Å². The highest BCUT2D eigenvalue weighted by molar-refractivity contribution is 6.25. The van der Waals surface area contributed by atoms with Crippen molar-refractivity contribution in [3.8, 4) is 17.2 Å². The molecule has 2 N–H and O–H groups in total. The number of morpholine rings is 1. The van der Waals surface area contributed by atoms with Crippen LogP contribution < -0.4 is 24.4 Å². The Bertz CT molecular complexity index is 2790. The molecule has 5 aliphatic heterocycles. The lowest BCUT2D eigenvalue weighted by Crippen LogP contribution is -2.59. The summed E-state index contributed by atoms with van der Waals surface area (Å²) < 4.78 is 28.9. The first-order valence-electron chi connectivity index (χ1n) is 23.7. The smallest absolute Gasteiger partial charge is 0.329 e. The minimum Gasteiger partial charge on any atom is -0.491 e. The Morgan fingerprint density at radius 3 is 2.19 bits per heavy atom. The number of imide groups is 1. The van der Waals surface area contributed by atoms with E-state index >= 15 is 14.4 Å². The van der Waals surface area contributed by atoms with Crippen molar-refractivity contribution >= 4 is 35.5 Å². The number of para-hydroxylation sites is 1. The molecule has 1 spiro atoms. The molecule has 5 aliphatic rings. The van der Waals surface area contributed by atoms with Crippen molar-refractivity contribution in [3.63, 3.8) is 0 Å². The third-order valence-electron chi connectivity index (χ3n) is 14.3. The first kappa shape index (κ1) is 46.5. The minimum atomic E-state index is -1.98. The van der Waals surface area contributed by atoms with Crippen LogP contribution in [0.1, 0.15) is 59.9 Å². The molecular weight excluding hydrogens is 895 g/mol. The van der Waals surface area contributed by atoms with E-state index in [4.69, 9.17) is 23.7 Å². The van der Waals surface area contributed by atoms with Gasteiger partial charge in [0.25, 0.3) is 0 Å². The zero-order valence-electron chi connectivity index (χ0n) is 39.1. The number of esters is 2. The highest BCUT2D eigenvalue weighted by Gasteiger charge is 2.76. The van der Waals surface area contributed by atoms with Gasteiger partial charge < -0.3 is 39.0 Å². The second kappa shape index (κ2) is 19.3. The fourth-order valence-corrected chi connectivity index (χ4v) is 11.2. The molecule has 10 rings (SSSR count). The number of nitrogens with one attached hydrogen (secondary N) is 1. The summed E-state index contributed by atoms with van der Waals surface area (Å²) in [6.45, 7) is 5.50. The van der Waals surface area contributed by atoms with Crippen LogP contribution in [0, 0.1) is 11.8 Å². The van der Waals surface area contributed by atoms with Gasteiger partial charge in [-0.1, -0.05) is 111 Å². The number of hydrogen-bond acceptors (Lipinski definition) is 13. The van der Waals surface area contributed by atoms with Crippen LogP contribution in [0.15, 0.2) is 127 Å². The molecule has 5 heterocycles. The molecule has 0 unspecified atom stereocenters. The van der Waals surface area contributed by atoms with Crippen molar-refractivity contribution in [1.29, 1.82) is 0 Å². The third-order valence-corrected chi connectivity index (χ3v) is 14.3. The number of cyclic esters (lactones) is 1. The van der Waals surface area contributed by atoms with E-state index in [1.807, 2.05) is 89.8 Å². The van der Waals surface area contributed by atoms with Crippen molar-refractivity contribution in [3.05, 3.63) is 155 Å². The topological polar surface area (TPSA) is 177 Å². The zero-order valence-corrected chi connectivity index (χ0v) is 39.1. The number of ether oxygens (including phenoxy) is 5. The molecule has 16 heteroatoms. The average molecular weight is 950 g/mol. The Morgan fingerprint density at radius 1 is 0.786 bits per heavy atom. The predicted octanol–water partition coefficient (Wildman–Crippen LogP) is 5.70. The van der Waals surface area contributed by atoms with E-state index in [2.05, 4.69) is 10.2 Å². The summed E-state index contributed by atoms with van der Waals surface area (Å²) in [5.41, 5.74) is 1.57. The molecule has 0 radical (unpaired) electrons. The number of piperazine rings is 1. The van der Waals surface area contributed by atoms with E-state index in [9.17, 15) is 14.7 Å². The fraction of sp³-hybridized carbons (Fsp3) is 0.352. The number of aliphatic hydroxyl groups excluding tert-OH is 1.